The highest BCUT2D eigenvalue weighted by atomic mass is 16.2. The number of hydrogen-bond acceptors (Lipinski definition) is 6. The van der Waals surface area contributed by atoms with Gasteiger partial charge in [-0.1, -0.05) is 18.2 Å². The summed E-state index contributed by atoms with van der Waals surface area (Å²) in [5.41, 5.74) is 4.34. The molecule has 1 aromatic carbocycles. The van der Waals surface area contributed by atoms with Gasteiger partial charge >= 0.3 is 0 Å². The van der Waals surface area contributed by atoms with Gasteiger partial charge in [0, 0.05) is 74.9 Å². The Bertz CT molecular complexity index is 1200. The lowest BCUT2D eigenvalue weighted by Crippen LogP contribution is -2.41. The van der Waals surface area contributed by atoms with Crippen LogP contribution in [0.3, 0.4) is 0 Å². The topological polar surface area (TPSA) is 106 Å². The molecule has 2 aliphatic heterocycles. The monoisotopic (exact) mass is 475 g/mol. The number of amides is 2. The van der Waals surface area contributed by atoms with Crippen molar-refractivity contribution < 1.29 is 9.59 Å². The fraction of sp³-hybridized carbons (Fsp3) is 0.462. The molecule has 0 unspecified atom stereocenters. The van der Waals surface area contributed by atoms with Crippen LogP contribution in [0.2, 0.25) is 0 Å². The number of para-hydroxylation sites is 1. The minimum absolute atomic E-state index is 0.118. The van der Waals surface area contributed by atoms with Crippen LogP contribution >= 0.6 is 0 Å². The van der Waals surface area contributed by atoms with Crippen molar-refractivity contribution in [2.45, 2.75) is 45.2 Å². The van der Waals surface area contributed by atoms with Crippen LogP contribution < -0.4 is 10.6 Å². The first-order valence-corrected chi connectivity index (χ1v) is 12.5. The summed E-state index contributed by atoms with van der Waals surface area (Å²) in [5, 5.41) is 7.72. The molecular formula is C26H33N7O2. The van der Waals surface area contributed by atoms with Gasteiger partial charge in [-0.3, -0.25) is 14.5 Å². The van der Waals surface area contributed by atoms with Crippen molar-refractivity contribution in [3.8, 4) is 0 Å². The summed E-state index contributed by atoms with van der Waals surface area (Å²) in [6.45, 7) is 6.58. The van der Waals surface area contributed by atoms with Crippen molar-refractivity contribution in [2.24, 2.45) is 0 Å². The lowest BCUT2D eigenvalue weighted by Gasteiger charge is -2.31. The normalized spacial score (nSPS) is 16.8. The summed E-state index contributed by atoms with van der Waals surface area (Å²) in [5.74, 6) is 0.583. The number of hydrogen-bond donors (Lipinski definition) is 3. The molecule has 35 heavy (non-hydrogen) atoms. The number of nitrogens with one attached hydrogen (secondary N) is 3. The Balaban J connectivity index is 1.06. The predicted octanol–water partition coefficient (Wildman–Crippen LogP) is 2.56. The number of aromatic nitrogens is 3. The van der Waals surface area contributed by atoms with E-state index in [1.807, 2.05) is 4.90 Å². The zero-order valence-corrected chi connectivity index (χ0v) is 20.2. The van der Waals surface area contributed by atoms with Gasteiger partial charge in [0.2, 0.25) is 5.91 Å². The van der Waals surface area contributed by atoms with E-state index < -0.39 is 0 Å². The first-order valence-electron chi connectivity index (χ1n) is 12.5. The quantitative estimate of drug-likeness (QED) is 0.454. The minimum atomic E-state index is -0.182. The van der Waals surface area contributed by atoms with Crippen molar-refractivity contribution in [1.29, 1.82) is 0 Å². The maximum Gasteiger partial charge on any atom is 0.270 e. The summed E-state index contributed by atoms with van der Waals surface area (Å²) in [6, 6.07) is 10.4. The highest BCUT2D eigenvalue weighted by Gasteiger charge is 2.22. The molecule has 9 nitrogen and oxygen atoms in total. The molecule has 2 aliphatic rings. The molecule has 0 atom stereocenters. The number of piperidine rings is 1. The Labute approximate surface area is 205 Å². The Morgan fingerprint density at radius 3 is 2.80 bits per heavy atom. The molecule has 9 heteroatoms. The molecule has 5 rings (SSSR count). The predicted molar refractivity (Wildman–Crippen MR) is 135 cm³/mol. The number of carbonyl (C=O) groups excluding carboxylic acids is 2. The van der Waals surface area contributed by atoms with Crippen molar-refractivity contribution in [2.75, 3.05) is 38.0 Å². The van der Waals surface area contributed by atoms with E-state index in [0.717, 1.165) is 58.4 Å². The number of benzene rings is 1. The number of nitrogens with zero attached hydrogens (tertiary/aromatic N) is 4. The van der Waals surface area contributed by atoms with E-state index in [1.54, 1.807) is 13.0 Å². The Hall–Kier alpha value is -3.46. The van der Waals surface area contributed by atoms with Crippen molar-refractivity contribution in [3.05, 3.63) is 53.6 Å². The number of H-pyrrole nitrogens is 1. The largest absolute Gasteiger partial charge is 0.367 e. The molecule has 0 bridgehead atoms. The third-order valence-electron chi connectivity index (χ3n) is 7.09. The van der Waals surface area contributed by atoms with Crippen LogP contribution in [0.25, 0.3) is 10.9 Å². The minimum Gasteiger partial charge on any atom is -0.367 e. The van der Waals surface area contributed by atoms with Crippen LogP contribution in [0.1, 0.15) is 47.9 Å². The standard InChI is InChI=1S/C26H33N7O2/c1-18(34)33-13-7-19(8-14-33)30-25-15-23(28-17-29-25)26(35)27-10-4-11-32-12-9-21-20-5-2-3-6-22(20)31-24(21)16-32/h2-3,5-6,15,17,19,31H,4,7-14,16H2,1H3,(H,27,35)(H,28,29,30). The van der Waals surface area contributed by atoms with Gasteiger partial charge in [-0.05, 0) is 37.3 Å². The van der Waals surface area contributed by atoms with Crippen LogP contribution in [0.5, 0.6) is 0 Å². The molecule has 184 valence electrons. The lowest BCUT2D eigenvalue weighted by atomic mass is 10.0. The van der Waals surface area contributed by atoms with Crippen LogP contribution in [-0.4, -0.2) is 75.3 Å². The van der Waals surface area contributed by atoms with E-state index in [9.17, 15) is 9.59 Å². The van der Waals surface area contributed by atoms with Crippen LogP contribution in [0.15, 0.2) is 36.7 Å². The summed E-state index contributed by atoms with van der Waals surface area (Å²) < 4.78 is 0. The highest BCUT2D eigenvalue weighted by molar-refractivity contribution is 5.92. The molecule has 3 aromatic rings. The van der Waals surface area contributed by atoms with Crippen molar-refractivity contribution in [3.63, 3.8) is 0 Å². The summed E-state index contributed by atoms with van der Waals surface area (Å²) in [7, 11) is 0. The van der Waals surface area contributed by atoms with Crippen LogP contribution in [0, 0.1) is 0 Å². The smallest absolute Gasteiger partial charge is 0.270 e. The van der Waals surface area contributed by atoms with Crippen LogP contribution in [0.4, 0.5) is 5.82 Å². The van der Waals surface area contributed by atoms with E-state index in [-0.39, 0.29) is 17.9 Å². The van der Waals surface area contributed by atoms with Crippen LogP contribution in [-0.2, 0) is 17.8 Å². The maximum atomic E-state index is 12.6. The Morgan fingerprint density at radius 2 is 1.97 bits per heavy atom. The summed E-state index contributed by atoms with van der Waals surface area (Å²) in [4.78, 5) is 40.4. The number of fused-ring (bicyclic) bond motifs is 3. The van der Waals surface area contributed by atoms with Gasteiger partial charge in [-0.2, -0.15) is 0 Å². The number of carbonyl (C=O) groups is 2. The summed E-state index contributed by atoms with van der Waals surface area (Å²) in [6.07, 6.45) is 5.08. The number of anilines is 1. The van der Waals surface area contributed by atoms with E-state index in [4.69, 9.17) is 0 Å². The molecule has 4 heterocycles. The molecule has 0 spiro atoms. The number of likely N-dealkylation sites (tertiary alicyclic amines) is 1. The number of rotatable bonds is 7. The Morgan fingerprint density at radius 1 is 1.14 bits per heavy atom. The highest BCUT2D eigenvalue weighted by Crippen LogP contribution is 2.27. The second-order valence-electron chi connectivity index (χ2n) is 9.48. The van der Waals surface area contributed by atoms with Crippen molar-refractivity contribution in [1.82, 2.24) is 30.1 Å². The fourth-order valence-corrected chi connectivity index (χ4v) is 5.14. The van der Waals surface area contributed by atoms with Gasteiger partial charge in [0.25, 0.3) is 5.91 Å². The molecule has 0 aliphatic carbocycles. The van der Waals surface area contributed by atoms with Gasteiger partial charge in [-0.15, -0.1) is 0 Å². The molecular weight excluding hydrogens is 442 g/mol. The Kier molecular flexibility index (Phi) is 6.94. The van der Waals surface area contributed by atoms with E-state index in [0.29, 0.717) is 18.1 Å². The van der Waals surface area contributed by atoms with E-state index in [2.05, 4.69) is 54.8 Å². The molecule has 2 aromatic heterocycles. The first kappa shape index (κ1) is 23.3. The lowest BCUT2D eigenvalue weighted by molar-refractivity contribution is -0.129. The summed E-state index contributed by atoms with van der Waals surface area (Å²) >= 11 is 0. The van der Waals surface area contributed by atoms with Gasteiger partial charge in [0.15, 0.2) is 0 Å². The molecule has 0 saturated carbocycles. The van der Waals surface area contributed by atoms with Gasteiger partial charge in [0.05, 0.1) is 0 Å². The van der Waals surface area contributed by atoms with E-state index in [1.165, 1.54) is 28.5 Å². The molecule has 2 amide bonds. The van der Waals surface area contributed by atoms with E-state index >= 15 is 0 Å². The molecule has 3 N–H and O–H groups in total. The molecule has 0 radical (unpaired) electrons. The molecule has 1 saturated heterocycles. The maximum absolute atomic E-state index is 12.6. The third kappa shape index (κ3) is 5.45. The second-order valence-corrected chi connectivity index (χ2v) is 9.48. The van der Waals surface area contributed by atoms with Crippen molar-refractivity contribution >= 4 is 28.5 Å². The number of aromatic amines is 1. The average Bonchev–Trinajstić information content (AvgIpc) is 3.25. The second kappa shape index (κ2) is 10.4. The van der Waals surface area contributed by atoms with Gasteiger partial charge in [0.1, 0.15) is 17.8 Å². The van der Waals surface area contributed by atoms with Gasteiger partial charge in [-0.25, -0.2) is 9.97 Å². The molecule has 1 fully saturated rings. The zero-order valence-electron chi connectivity index (χ0n) is 20.2. The SMILES string of the molecule is CC(=O)N1CCC(Nc2cc(C(=O)NCCCN3CCc4c([nH]c5ccccc45)C3)ncn2)CC1. The fourth-order valence-electron chi connectivity index (χ4n) is 5.14. The third-order valence-corrected chi connectivity index (χ3v) is 7.09. The first-order chi connectivity index (χ1) is 17.1. The average molecular weight is 476 g/mol. The van der Waals surface area contributed by atoms with Gasteiger partial charge < -0.3 is 20.5 Å². The zero-order chi connectivity index (χ0) is 24.2.